The van der Waals surface area contributed by atoms with E-state index >= 15 is 0 Å². The van der Waals surface area contributed by atoms with E-state index in [1.165, 1.54) is 6.07 Å². The summed E-state index contributed by atoms with van der Waals surface area (Å²) in [5.74, 6) is 1.26. The van der Waals surface area contributed by atoms with E-state index in [0.717, 1.165) is 43.5 Å². The van der Waals surface area contributed by atoms with Crippen LogP contribution in [0.4, 0.5) is 4.39 Å². The Bertz CT molecular complexity index is 609. The molecule has 1 heterocycles. The number of benzene rings is 1. The van der Waals surface area contributed by atoms with Crippen molar-refractivity contribution < 1.29 is 8.91 Å². The Labute approximate surface area is 130 Å². The summed E-state index contributed by atoms with van der Waals surface area (Å²) in [4.78, 5) is 6.68. The number of halogens is 1. The van der Waals surface area contributed by atoms with E-state index in [9.17, 15) is 4.39 Å². The second-order valence-electron chi connectivity index (χ2n) is 5.94. The molecule has 4 nitrogen and oxygen atoms in total. The van der Waals surface area contributed by atoms with Gasteiger partial charge in [0, 0.05) is 24.6 Å². The Morgan fingerprint density at radius 2 is 2.09 bits per heavy atom. The van der Waals surface area contributed by atoms with Crippen molar-refractivity contribution >= 4 is 0 Å². The summed E-state index contributed by atoms with van der Waals surface area (Å²) >= 11 is 0. The Morgan fingerprint density at radius 3 is 2.82 bits per heavy atom. The van der Waals surface area contributed by atoms with E-state index < -0.39 is 0 Å². The summed E-state index contributed by atoms with van der Waals surface area (Å²) in [6, 6.07) is 7.45. The van der Waals surface area contributed by atoms with Crippen LogP contribution in [0.2, 0.25) is 0 Å². The Morgan fingerprint density at radius 1 is 1.27 bits per heavy atom. The Kier molecular flexibility index (Phi) is 4.83. The average Bonchev–Trinajstić information content (AvgIpc) is 3.28. The Balaban J connectivity index is 1.65. The van der Waals surface area contributed by atoms with Gasteiger partial charge in [-0.1, -0.05) is 36.7 Å². The molecule has 0 N–H and O–H groups in total. The lowest BCUT2D eigenvalue weighted by atomic mass is 10.2. The predicted octanol–water partition coefficient (Wildman–Crippen LogP) is 3.72. The van der Waals surface area contributed by atoms with Crippen LogP contribution in [0.3, 0.4) is 0 Å². The smallest absolute Gasteiger partial charge is 0.240 e. The molecular formula is C17H22FN3O. The largest absolute Gasteiger partial charge is 0.338 e. The van der Waals surface area contributed by atoms with Crippen molar-refractivity contribution in [3.05, 3.63) is 47.4 Å². The minimum atomic E-state index is -0.151. The lowest BCUT2D eigenvalue weighted by Crippen LogP contribution is -2.25. The Hall–Kier alpha value is -1.75. The molecule has 0 atom stereocenters. The van der Waals surface area contributed by atoms with Gasteiger partial charge in [-0.25, -0.2) is 4.39 Å². The van der Waals surface area contributed by atoms with Gasteiger partial charge in [-0.05, 0) is 25.3 Å². The van der Waals surface area contributed by atoms with Gasteiger partial charge in [-0.2, -0.15) is 4.98 Å². The van der Waals surface area contributed by atoms with Gasteiger partial charge in [0.25, 0.3) is 0 Å². The zero-order valence-electron chi connectivity index (χ0n) is 13.0. The molecule has 2 aromatic rings. The summed E-state index contributed by atoms with van der Waals surface area (Å²) in [6.45, 7) is 3.33. The number of rotatable bonds is 8. The summed E-state index contributed by atoms with van der Waals surface area (Å²) < 4.78 is 19.2. The van der Waals surface area contributed by atoms with E-state index in [1.807, 2.05) is 12.1 Å². The molecule has 1 aromatic heterocycles. The maximum absolute atomic E-state index is 13.8. The minimum Gasteiger partial charge on any atom is -0.338 e. The van der Waals surface area contributed by atoms with Gasteiger partial charge in [0.05, 0.1) is 6.54 Å². The number of hydrogen-bond acceptors (Lipinski definition) is 4. The fourth-order valence-electron chi connectivity index (χ4n) is 2.56. The fourth-order valence-corrected chi connectivity index (χ4v) is 2.56. The van der Waals surface area contributed by atoms with E-state index in [4.69, 9.17) is 4.52 Å². The highest BCUT2D eigenvalue weighted by molar-refractivity contribution is 5.17. The van der Waals surface area contributed by atoms with Gasteiger partial charge < -0.3 is 4.52 Å². The van der Waals surface area contributed by atoms with Crippen LogP contribution >= 0.6 is 0 Å². The first-order valence-corrected chi connectivity index (χ1v) is 8.05. The molecule has 0 saturated heterocycles. The first-order chi connectivity index (χ1) is 10.8. The quantitative estimate of drug-likeness (QED) is 0.745. The topological polar surface area (TPSA) is 42.2 Å². The number of aromatic nitrogens is 2. The molecule has 118 valence electrons. The SMILES string of the molecule is CCCCc1noc(CN(Cc2ccccc2F)C2CC2)n1. The van der Waals surface area contributed by atoms with Crippen molar-refractivity contribution in [1.29, 1.82) is 0 Å². The number of nitrogens with zero attached hydrogens (tertiary/aromatic N) is 3. The summed E-state index contributed by atoms with van der Waals surface area (Å²) in [6.07, 6.45) is 5.36. The van der Waals surface area contributed by atoms with E-state index in [0.29, 0.717) is 25.0 Å². The lowest BCUT2D eigenvalue weighted by Gasteiger charge is -2.20. The van der Waals surface area contributed by atoms with Gasteiger partial charge >= 0.3 is 0 Å². The van der Waals surface area contributed by atoms with Gasteiger partial charge in [0.2, 0.25) is 5.89 Å². The molecule has 1 aliphatic rings. The third kappa shape index (κ3) is 3.91. The van der Waals surface area contributed by atoms with E-state index in [-0.39, 0.29) is 5.82 Å². The van der Waals surface area contributed by atoms with Crippen molar-refractivity contribution in [3.63, 3.8) is 0 Å². The zero-order chi connectivity index (χ0) is 15.4. The number of hydrogen-bond donors (Lipinski definition) is 0. The molecule has 5 heteroatoms. The standard InChI is InChI=1S/C17H22FN3O/c1-2-3-8-16-19-17(22-20-16)12-21(14-9-10-14)11-13-6-4-5-7-15(13)18/h4-7,14H,2-3,8-12H2,1H3. The van der Waals surface area contributed by atoms with Crippen LogP contribution in [0.15, 0.2) is 28.8 Å². The highest BCUT2D eigenvalue weighted by Gasteiger charge is 2.30. The molecule has 0 radical (unpaired) electrons. The highest BCUT2D eigenvalue weighted by Crippen LogP contribution is 2.30. The molecule has 1 aromatic carbocycles. The first kappa shape index (κ1) is 15.2. The normalized spacial score (nSPS) is 14.7. The lowest BCUT2D eigenvalue weighted by molar-refractivity contribution is 0.207. The highest BCUT2D eigenvalue weighted by atomic mass is 19.1. The maximum atomic E-state index is 13.8. The maximum Gasteiger partial charge on any atom is 0.240 e. The molecule has 0 bridgehead atoms. The molecule has 3 rings (SSSR count). The second kappa shape index (κ2) is 7.01. The molecule has 0 spiro atoms. The summed E-state index contributed by atoms with van der Waals surface area (Å²) in [5, 5.41) is 4.02. The number of aryl methyl sites for hydroxylation is 1. The fraction of sp³-hybridized carbons (Fsp3) is 0.529. The van der Waals surface area contributed by atoms with Gasteiger partial charge in [-0.15, -0.1) is 0 Å². The monoisotopic (exact) mass is 303 g/mol. The van der Waals surface area contributed by atoms with Crippen molar-refractivity contribution in [3.8, 4) is 0 Å². The molecule has 1 saturated carbocycles. The van der Waals surface area contributed by atoms with Crippen molar-refractivity contribution in [2.45, 2.75) is 58.2 Å². The molecule has 1 aliphatic carbocycles. The van der Waals surface area contributed by atoms with E-state index in [1.54, 1.807) is 6.07 Å². The minimum absolute atomic E-state index is 0.151. The average molecular weight is 303 g/mol. The first-order valence-electron chi connectivity index (χ1n) is 8.05. The molecular weight excluding hydrogens is 281 g/mol. The van der Waals surface area contributed by atoms with Gasteiger partial charge in [0.15, 0.2) is 5.82 Å². The van der Waals surface area contributed by atoms with Crippen LogP contribution in [0.5, 0.6) is 0 Å². The zero-order valence-corrected chi connectivity index (χ0v) is 13.0. The number of unbranched alkanes of at least 4 members (excludes halogenated alkanes) is 1. The van der Waals surface area contributed by atoms with Crippen molar-refractivity contribution in [2.75, 3.05) is 0 Å². The van der Waals surface area contributed by atoms with Crippen LogP contribution in [0, 0.1) is 5.82 Å². The van der Waals surface area contributed by atoms with Gasteiger partial charge in [0.1, 0.15) is 5.82 Å². The predicted molar refractivity (Wildman–Crippen MR) is 81.6 cm³/mol. The third-order valence-electron chi connectivity index (χ3n) is 4.00. The summed E-state index contributed by atoms with van der Waals surface area (Å²) in [7, 11) is 0. The van der Waals surface area contributed by atoms with Crippen LogP contribution in [-0.4, -0.2) is 21.1 Å². The van der Waals surface area contributed by atoms with Crippen LogP contribution in [0.1, 0.15) is 49.9 Å². The molecule has 0 unspecified atom stereocenters. The molecule has 1 fully saturated rings. The molecule has 0 amide bonds. The van der Waals surface area contributed by atoms with Crippen LogP contribution in [-0.2, 0) is 19.5 Å². The van der Waals surface area contributed by atoms with Crippen molar-refractivity contribution in [1.82, 2.24) is 15.0 Å². The third-order valence-corrected chi connectivity index (χ3v) is 4.00. The van der Waals surface area contributed by atoms with Gasteiger partial charge in [-0.3, -0.25) is 4.90 Å². The van der Waals surface area contributed by atoms with Crippen LogP contribution < -0.4 is 0 Å². The second-order valence-corrected chi connectivity index (χ2v) is 5.94. The summed E-state index contributed by atoms with van der Waals surface area (Å²) in [5.41, 5.74) is 0.722. The van der Waals surface area contributed by atoms with Crippen LogP contribution in [0.25, 0.3) is 0 Å². The van der Waals surface area contributed by atoms with Crippen molar-refractivity contribution in [2.24, 2.45) is 0 Å². The van der Waals surface area contributed by atoms with E-state index in [2.05, 4.69) is 22.0 Å². The molecule has 0 aliphatic heterocycles. The molecule has 22 heavy (non-hydrogen) atoms.